The maximum atomic E-state index is 9.40. The lowest BCUT2D eigenvalue weighted by Gasteiger charge is -2.10. The van der Waals surface area contributed by atoms with Gasteiger partial charge in [-0.1, -0.05) is 13.3 Å². The standard InChI is InChI=1S/C9H15N3O/c1-2-3-8(13)6-12-9-7-10-4-5-11-9/h4-5,7-8,13H,2-3,6H2,1H3,(H,11,12). The van der Waals surface area contributed by atoms with Crippen LogP contribution in [0.1, 0.15) is 19.8 Å². The second-order valence-corrected chi connectivity index (χ2v) is 2.91. The number of aliphatic hydroxyl groups excluding tert-OH is 1. The normalized spacial score (nSPS) is 12.5. The largest absolute Gasteiger partial charge is 0.391 e. The van der Waals surface area contributed by atoms with Crippen molar-refractivity contribution in [1.82, 2.24) is 9.97 Å². The number of nitrogens with one attached hydrogen (secondary N) is 1. The Balaban J connectivity index is 2.27. The molecule has 1 aromatic heterocycles. The molecule has 0 spiro atoms. The highest BCUT2D eigenvalue weighted by molar-refractivity contribution is 5.29. The van der Waals surface area contributed by atoms with Crippen LogP contribution >= 0.6 is 0 Å². The Labute approximate surface area is 78.0 Å². The van der Waals surface area contributed by atoms with Gasteiger partial charge in [0.1, 0.15) is 5.82 Å². The summed E-state index contributed by atoms with van der Waals surface area (Å²) in [6.45, 7) is 2.58. The molecule has 72 valence electrons. The lowest BCUT2D eigenvalue weighted by atomic mass is 10.2. The molecule has 1 unspecified atom stereocenters. The third-order valence-corrected chi connectivity index (χ3v) is 1.70. The van der Waals surface area contributed by atoms with Crippen LogP contribution < -0.4 is 5.32 Å². The van der Waals surface area contributed by atoms with Crippen LogP contribution in [0, 0.1) is 0 Å². The van der Waals surface area contributed by atoms with Crippen molar-refractivity contribution < 1.29 is 5.11 Å². The molecule has 0 amide bonds. The zero-order valence-corrected chi connectivity index (χ0v) is 7.77. The molecule has 0 aliphatic rings. The minimum absolute atomic E-state index is 0.299. The van der Waals surface area contributed by atoms with Gasteiger partial charge in [-0.05, 0) is 6.42 Å². The molecule has 0 aromatic carbocycles. The van der Waals surface area contributed by atoms with E-state index < -0.39 is 0 Å². The van der Waals surface area contributed by atoms with Gasteiger partial charge in [-0.2, -0.15) is 0 Å². The summed E-state index contributed by atoms with van der Waals surface area (Å²) < 4.78 is 0. The van der Waals surface area contributed by atoms with E-state index in [-0.39, 0.29) is 6.10 Å². The topological polar surface area (TPSA) is 58.0 Å². The summed E-state index contributed by atoms with van der Waals surface area (Å²) in [5, 5.41) is 12.4. The molecule has 2 N–H and O–H groups in total. The fraction of sp³-hybridized carbons (Fsp3) is 0.556. The number of anilines is 1. The molecule has 4 heteroatoms. The number of nitrogens with zero attached hydrogens (tertiary/aromatic N) is 2. The molecule has 0 fully saturated rings. The first-order chi connectivity index (χ1) is 6.33. The summed E-state index contributed by atoms with van der Waals surface area (Å²) in [4.78, 5) is 7.93. The molecule has 1 atom stereocenters. The van der Waals surface area contributed by atoms with Crippen molar-refractivity contribution in [1.29, 1.82) is 0 Å². The van der Waals surface area contributed by atoms with Crippen LogP contribution in [-0.2, 0) is 0 Å². The van der Waals surface area contributed by atoms with Gasteiger partial charge in [0.15, 0.2) is 0 Å². The van der Waals surface area contributed by atoms with E-state index in [0.717, 1.165) is 12.8 Å². The van der Waals surface area contributed by atoms with Gasteiger partial charge < -0.3 is 10.4 Å². The fourth-order valence-corrected chi connectivity index (χ4v) is 1.05. The molecule has 0 saturated heterocycles. The molecule has 4 nitrogen and oxygen atoms in total. The van der Waals surface area contributed by atoms with E-state index >= 15 is 0 Å². The van der Waals surface area contributed by atoms with E-state index in [1.54, 1.807) is 18.6 Å². The number of hydrogen-bond acceptors (Lipinski definition) is 4. The Morgan fingerprint density at radius 1 is 1.54 bits per heavy atom. The highest BCUT2D eigenvalue weighted by atomic mass is 16.3. The number of aromatic nitrogens is 2. The summed E-state index contributed by atoms with van der Waals surface area (Å²) in [6, 6.07) is 0. The zero-order chi connectivity index (χ0) is 9.52. The predicted molar refractivity (Wildman–Crippen MR) is 51.4 cm³/mol. The smallest absolute Gasteiger partial charge is 0.144 e. The van der Waals surface area contributed by atoms with Crippen molar-refractivity contribution in [2.24, 2.45) is 0 Å². The quantitative estimate of drug-likeness (QED) is 0.712. The molecule has 0 saturated carbocycles. The third kappa shape index (κ3) is 3.85. The highest BCUT2D eigenvalue weighted by Gasteiger charge is 2.01. The lowest BCUT2D eigenvalue weighted by Crippen LogP contribution is -2.19. The van der Waals surface area contributed by atoms with Crippen molar-refractivity contribution in [2.75, 3.05) is 11.9 Å². The predicted octanol–water partition coefficient (Wildman–Crippen LogP) is 1.05. The van der Waals surface area contributed by atoms with Crippen LogP contribution in [0.25, 0.3) is 0 Å². The van der Waals surface area contributed by atoms with Crippen molar-refractivity contribution in [3.8, 4) is 0 Å². The van der Waals surface area contributed by atoms with Crippen LogP contribution in [0.5, 0.6) is 0 Å². The van der Waals surface area contributed by atoms with Crippen LogP contribution in [0.15, 0.2) is 18.6 Å². The number of hydrogen-bond donors (Lipinski definition) is 2. The molecule has 0 radical (unpaired) electrons. The van der Waals surface area contributed by atoms with E-state index in [1.807, 2.05) is 6.92 Å². The minimum Gasteiger partial charge on any atom is -0.391 e. The molecule has 0 aliphatic carbocycles. The first-order valence-corrected chi connectivity index (χ1v) is 4.51. The van der Waals surface area contributed by atoms with Gasteiger partial charge in [-0.15, -0.1) is 0 Å². The Kier molecular flexibility index (Phi) is 4.18. The summed E-state index contributed by atoms with van der Waals surface area (Å²) >= 11 is 0. The molecule has 1 heterocycles. The van der Waals surface area contributed by atoms with Crippen LogP contribution in [-0.4, -0.2) is 27.7 Å². The van der Waals surface area contributed by atoms with Gasteiger partial charge >= 0.3 is 0 Å². The van der Waals surface area contributed by atoms with Gasteiger partial charge in [0.25, 0.3) is 0 Å². The first-order valence-electron chi connectivity index (χ1n) is 4.51. The van der Waals surface area contributed by atoms with E-state index in [0.29, 0.717) is 12.4 Å². The average molecular weight is 181 g/mol. The van der Waals surface area contributed by atoms with Gasteiger partial charge in [0, 0.05) is 18.9 Å². The van der Waals surface area contributed by atoms with E-state index in [2.05, 4.69) is 15.3 Å². The van der Waals surface area contributed by atoms with Crippen molar-refractivity contribution in [2.45, 2.75) is 25.9 Å². The maximum Gasteiger partial charge on any atom is 0.144 e. The van der Waals surface area contributed by atoms with Crippen molar-refractivity contribution in [3.63, 3.8) is 0 Å². The third-order valence-electron chi connectivity index (χ3n) is 1.70. The van der Waals surface area contributed by atoms with Crippen molar-refractivity contribution >= 4 is 5.82 Å². The van der Waals surface area contributed by atoms with Gasteiger partial charge in [-0.3, -0.25) is 4.98 Å². The lowest BCUT2D eigenvalue weighted by molar-refractivity contribution is 0.176. The Morgan fingerprint density at radius 3 is 3.00 bits per heavy atom. The second kappa shape index (κ2) is 5.48. The Bertz CT molecular complexity index is 228. The van der Waals surface area contributed by atoms with E-state index in [4.69, 9.17) is 0 Å². The Morgan fingerprint density at radius 2 is 2.38 bits per heavy atom. The molecular formula is C9H15N3O. The molecular weight excluding hydrogens is 166 g/mol. The molecule has 0 aliphatic heterocycles. The minimum atomic E-state index is -0.299. The van der Waals surface area contributed by atoms with Crippen LogP contribution in [0.2, 0.25) is 0 Å². The van der Waals surface area contributed by atoms with Gasteiger partial charge in [-0.25, -0.2) is 4.98 Å². The SMILES string of the molecule is CCCC(O)CNc1cnccn1. The van der Waals surface area contributed by atoms with Crippen LogP contribution in [0.3, 0.4) is 0 Å². The highest BCUT2D eigenvalue weighted by Crippen LogP contribution is 2.00. The summed E-state index contributed by atoms with van der Waals surface area (Å²) in [5.41, 5.74) is 0. The monoisotopic (exact) mass is 181 g/mol. The number of aliphatic hydroxyl groups is 1. The average Bonchev–Trinajstić information content (AvgIpc) is 2.17. The fourth-order valence-electron chi connectivity index (χ4n) is 1.05. The Hall–Kier alpha value is -1.16. The summed E-state index contributed by atoms with van der Waals surface area (Å²) in [7, 11) is 0. The first kappa shape index (κ1) is 9.92. The van der Waals surface area contributed by atoms with Gasteiger partial charge in [0.05, 0.1) is 12.3 Å². The second-order valence-electron chi connectivity index (χ2n) is 2.91. The van der Waals surface area contributed by atoms with E-state index in [1.165, 1.54) is 0 Å². The zero-order valence-electron chi connectivity index (χ0n) is 7.77. The summed E-state index contributed by atoms with van der Waals surface area (Å²) in [5.74, 6) is 0.706. The molecule has 1 rings (SSSR count). The summed E-state index contributed by atoms with van der Waals surface area (Å²) in [6.07, 6.45) is 6.38. The van der Waals surface area contributed by atoms with E-state index in [9.17, 15) is 5.11 Å². The van der Waals surface area contributed by atoms with Crippen molar-refractivity contribution in [3.05, 3.63) is 18.6 Å². The molecule has 0 bridgehead atoms. The van der Waals surface area contributed by atoms with Gasteiger partial charge in [0.2, 0.25) is 0 Å². The molecule has 1 aromatic rings. The van der Waals surface area contributed by atoms with Crippen LogP contribution in [0.4, 0.5) is 5.82 Å². The maximum absolute atomic E-state index is 9.40. The number of rotatable bonds is 5. The molecule has 13 heavy (non-hydrogen) atoms.